The van der Waals surface area contributed by atoms with E-state index in [-0.39, 0.29) is 0 Å². The second-order valence-corrected chi connectivity index (χ2v) is 9.06. The molecule has 164 valence electrons. The zero-order valence-electron chi connectivity index (χ0n) is 18.0. The summed E-state index contributed by atoms with van der Waals surface area (Å²) in [5, 5.41) is 8.81. The van der Waals surface area contributed by atoms with Crippen LogP contribution < -0.4 is 10.2 Å². The summed E-state index contributed by atoms with van der Waals surface area (Å²) in [4.78, 5) is 12.6. The Morgan fingerprint density at radius 1 is 1.03 bits per heavy atom. The first-order chi connectivity index (χ1) is 15.6. The molecule has 9 heteroatoms. The third kappa shape index (κ3) is 4.21. The maximum Gasteiger partial charge on any atom is 0.228 e. The Hall–Kier alpha value is -3.30. The summed E-state index contributed by atoms with van der Waals surface area (Å²) in [5.74, 6) is 1.37. The van der Waals surface area contributed by atoms with Crippen LogP contribution in [0.25, 0.3) is 22.2 Å². The van der Waals surface area contributed by atoms with Crippen molar-refractivity contribution in [1.82, 2.24) is 19.7 Å². The van der Waals surface area contributed by atoms with Gasteiger partial charge < -0.3 is 15.0 Å². The van der Waals surface area contributed by atoms with E-state index in [1.807, 2.05) is 48.3 Å². The van der Waals surface area contributed by atoms with Crippen molar-refractivity contribution in [2.24, 2.45) is 7.05 Å². The Labute approximate surface area is 188 Å². The number of anilines is 3. The summed E-state index contributed by atoms with van der Waals surface area (Å²) < 4.78 is 19.0. The fraction of sp³-hybridized carbons (Fsp3) is 0.261. The summed E-state index contributed by atoms with van der Waals surface area (Å²) in [5.41, 5.74) is 3.75. The van der Waals surface area contributed by atoms with Crippen LogP contribution in [0.5, 0.6) is 0 Å². The molecule has 4 aromatic rings. The normalized spacial score (nSPS) is 15.1. The van der Waals surface area contributed by atoms with Gasteiger partial charge in [-0.05, 0) is 30.3 Å². The second kappa shape index (κ2) is 8.68. The average Bonchev–Trinajstić information content (AvgIpc) is 3.20. The zero-order chi connectivity index (χ0) is 22.1. The predicted molar refractivity (Wildman–Crippen MR) is 127 cm³/mol. The standard InChI is InChI=1S/C23H24N6O2S/c1-28-21-13-16(3-4-17(21)15-24-28)20-14-22(25-18-5-7-19(8-6-18)32(2)30)27-23(26-20)29-9-11-31-12-10-29/h3-8,13-15H,9-12H2,1-2H3,(H,25,26,27). The highest BCUT2D eigenvalue weighted by Crippen LogP contribution is 2.28. The van der Waals surface area contributed by atoms with Crippen molar-refractivity contribution < 1.29 is 8.95 Å². The van der Waals surface area contributed by atoms with Gasteiger partial charge in [0, 0.05) is 64.8 Å². The fourth-order valence-corrected chi connectivity index (χ4v) is 4.25. The van der Waals surface area contributed by atoms with Crippen molar-refractivity contribution in [2.75, 3.05) is 42.8 Å². The first-order valence-electron chi connectivity index (χ1n) is 10.4. The molecule has 5 rings (SSSR count). The molecule has 2 aromatic carbocycles. The molecule has 2 aromatic heterocycles. The topological polar surface area (TPSA) is 85.2 Å². The first kappa shape index (κ1) is 20.6. The molecule has 3 heterocycles. The molecule has 8 nitrogen and oxygen atoms in total. The summed E-state index contributed by atoms with van der Waals surface area (Å²) >= 11 is 0. The predicted octanol–water partition coefficient (Wildman–Crippen LogP) is 3.35. The molecule has 0 spiro atoms. The Morgan fingerprint density at radius 3 is 2.56 bits per heavy atom. The van der Waals surface area contributed by atoms with Gasteiger partial charge in [-0.25, -0.2) is 4.98 Å². The molecule has 1 saturated heterocycles. The highest BCUT2D eigenvalue weighted by Gasteiger charge is 2.17. The number of nitrogens with zero attached hydrogens (tertiary/aromatic N) is 5. The van der Waals surface area contributed by atoms with E-state index >= 15 is 0 Å². The highest BCUT2D eigenvalue weighted by molar-refractivity contribution is 7.84. The summed E-state index contributed by atoms with van der Waals surface area (Å²) in [7, 11) is 0.927. The quantitative estimate of drug-likeness (QED) is 0.501. The Balaban J connectivity index is 1.54. The lowest BCUT2D eigenvalue weighted by atomic mass is 10.1. The number of aryl methyl sites for hydroxylation is 1. The van der Waals surface area contributed by atoms with Gasteiger partial charge >= 0.3 is 0 Å². The molecule has 1 aliphatic rings. The monoisotopic (exact) mass is 448 g/mol. The first-order valence-corrected chi connectivity index (χ1v) is 12.0. The second-order valence-electron chi connectivity index (χ2n) is 7.68. The van der Waals surface area contributed by atoms with Crippen molar-refractivity contribution in [1.29, 1.82) is 0 Å². The molecule has 32 heavy (non-hydrogen) atoms. The van der Waals surface area contributed by atoms with Crippen LogP contribution in [0, 0.1) is 0 Å². The Morgan fingerprint density at radius 2 is 1.81 bits per heavy atom. The van der Waals surface area contributed by atoms with Crippen LogP contribution in [0.15, 0.2) is 59.6 Å². The molecule has 1 unspecified atom stereocenters. The van der Waals surface area contributed by atoms with Gasteiger partial charge in [-0.3, -0.25) is 8.89 Å². The lowest BCUT2D eigenvalue weighted by Gasteiger charge is -2.27. The number of ether oxygens (including phenoxy) is 1. The van der Waals surface area contributed by atoms with Gasteiger partial charge in [0.05, 0.1) is 30.6 Å². The van der Waals surface area contributed by atoms with E-state index in [1.54, 1.807) is 6.26 Å². The van der Waals surface area contributed by atoms with Gasteiger partial charge in [-0.1, -0.05) is 12.1 Å². The smallest absolute Gasteiger partial charge is 0.228 e. The Kier molecular flexibility index (Phi) is 5.59. The fourth-order valence-electron chi connectivity index (χ4n) is 3.73. The lowest BCUT2D eigenvalue weighted by Crippen LogP contribution is -2.37. The van der Waals surface area contributed by atoms with Gasteiger partial charge in [-0.2, -0.15) is 10.1 Å². The van der Waals surface area contributed by atoms with Crippen LogP contribution in [0.3, 0.4) is 0 Å². The van der Waals surface area contributed by atoms with Crippen molar-refractivity contribution in [3.05, 3.63) is 54.7 Å². The summed E-state index contributed by atoms with van der Waals surface area (Å²) in [6.45, 7) is 2.82. The third-order valence-corrected chi connectivity index (χ3v) is 6.45. The lowest BCUT2D eigenvalue weighted by molar-refractivity contribution is 0.122. The van der Waals surface area contributed by atoms with Gasteiger partial charge in [0.25, 0.3) is 0 Å². The number of fused-ring (bicyclic) bond motifs is 1. The van der Waals surface area contributed by atoms with E-state index in [1.165, 1.54) is 0 Å². The van der Waals surface area contributed by atoms with Gasteiger partial charge in [-0.15, -0.1) is 0 Å². The van der Waals surface area contributed by atoms with Crippen molar-refractivity contribution in [3.63, 3.8) is 0 Å². The van der Waals surface area contributed by atoms with E-state index in [9.17, 15) is 4.21 Å². The van der Waals surface area contributed by atoms with E-state index in [0.717, 1.165) is 45.8 Å². The molecular formula is C23H24N6O2S. The molecule has 1 N–H and O–H groups in total. The molecule has 0 aliphatic carbocycles. The number of aromatic nitrogens is 4. The molecule has 1 aliphatic heterocycles. The molecule has 1 fully saturated rings. The maximum atomic E-state index is 11.7. The molecule has 1 atom stereocenters. The van der Waals surface area contributed by atoms with E-state index in [0.29, 0.717) is 25.0 Å². The number of hydrogen-bond donors (Lipinski definition) is 1. The highest BCUT2D eigenvalue weighted by atomic mass is 32.2. The minimum atomic E-state index is -1.01. The molecule has 0 radical (unpaired) electrons. The van der Waals surface area contributed by atoms with Crippen LogP contribution in [-0.4, -0.2) is 56.5 Å². The summed E-state index contributed by atoms with van der Waals surface area (Å²) in [6.07, 6.45) is 3.53. The van der Waals surface area contributed by atoms with Crippen molar-refractivity contribution in [2.45, 2.75) is 4.90 Å². The summed E-state index contributed by atoms with van der Waals surface area (Å²) in [6, 6.07) is 15.7. The van der Waals surface area contributed by atoms with Crippen LogP contribution in [-0.2, 0) is 22.6 Å². The van der Waals surface area contributed by atoms with E-state index in [2.05, 4.69) is 33.5 Å². The zero-order valence-corrected chi connectivity index (χ0v) is 18.8. The minimum absolute atomic E-state index is 0.660. The van der Waals surface area contributed by atoms with E-state index < -0.39 is 10.8 Å². The number of morpholine rings is 1. The van der Waals surface area contributed by atoms with Crippen LogP contribution in [0.2, 0.25) is 0 Å². The number of hydrogen-bond acceptors (Lipinski definition) is 7. The average molecular weight is 449 g/mol. The molecule has 0 saturated carbocycles. The molecular weight excluding hydrogens is 424 g/mol. The maximum absolute atomic E-state index is 11.7. The van der Waals surface area contributed by atoms with Gasteiger partial charge in [0.2, 0.25) is 5.95 Å². The largest absolute Gasteiger partial charge is 0.378 e. The van der Waals surface area contributed by atoms with Crippen LogP contribution in [0.4, 0.5) is 17.5 Å². The van der Waals surface area contributed by atoms with Crippen LogP contribution >= 0.6 is 0 Å². The minimum Gasteiger partial charge on any atom is -0.378 e. The van der Waals surface area contributed by atoms with Crippen LogP contribution in [0.1, 0.15) is 0 Å². The van der Waals surface area contributed by atoms with Gasteiger partial charge in [0.15, 0.2) is 0 Å². The third-order valence-electron chi connectivity index (χ3n) is 5.51. The van der Waals surface area contributed by atoms with Crippen molar-refractivity contribution >= 4 is 39.2 Å². The number of rotatable bonds is 5. The van der Waals surface area contributed by atoms with Crippen molar-refractivity contribution in [3.8, 4) is 11.3 Å². The van der Waals surface area contributed by atoms with E-state index in [4.69, 9.17) is 14.7 Å². The number of nitrogens with one attached hydrogen (secondary N) is 1. The Bertz CT molecular complexity index is 1280. The SMILES string of the molecule is Cn1ncc2ccc(-c3cc(Nc4ccc(S(C)=O)cc4)nc(N4CCOCC4)n3)cc21. The molecule has 0 amide bonds. The number of benzene rings is 2. The van der Waals surface area contributed by atoms with Gasteiger partial charge in [0.1, 0.15) is 5.82 Å². The molecule has 0 bridgehead atoms.